The molecule has 0 radical (unpaired) electrons. The van der Waals surface area contributed by atoms with Crippen molar-refractivity contribution in [3.05, 3.63) is 33.5 Å². The molecule has 8 heteroatoms. The van der Waals surface area contributed by atoms with Crippen molar-refractivity contribution in [2.75, 3.05) is 11.4 Å². The minimum Gasteiger partial charge on any atom is -0.370 e. The van der Waals surface area contributed by atoms with Crippen LogP contribution in [0.2, 0.25) is 5.28 Å². The molecule has 0 saturated heterocycles. The fraction of sp³-hybridized carbons (Fsp3) is 0.682. The predicted octanol–water partition coefficient (Wildman–Crippen LogP) is 3.28. The molecule has 3 fully saturated rings. The summed E-state index contributed by atoms with van der Waals surface area (Å²) in [5, 5.41) is 5.31. The number of hydrogen-bond donors (Lipinski definition) is 1. The molecular weight excluding hydrogens is 400 g/mol. The van der Waals surface area contributed by atoms with Gasteiger partial charge >= 0.3 is 0 Å². The number of hydrogen-bond acceptors (Lipinski definition) is 6. The second-order valence-electron chi connectivity index (χ2n) is 9.94. The van der Waals surface area contributed by atoms with E-state index in [-0.39, 0.29) is 5.54 Å². The number of nitrogens with two attached hydrogens (primary N) is 1. The van der Waals surface area contributed by atoms with Gasteiger partial charge in [0.25, 0.3) is 0 Å². The van der Waals surface area contributed by atoms with Crippen LogP contribution in [0.15, 0.2) is 0 Å². The molecule has 0 spiro atoms. The minimum atomic E-state index is 0.116. The van der Waals surface area contributed by atoms with Gasteiger partial charge in [-0.3, -0.25) is 4.68 Å². The van der Waals surface area contributed by atoms with Crippen molar-refractivity contribution in [1.82, 2.24) is 19.7 Å². The van der Waals surface area contributed by atoms with Gasteiger partial charge in [0.05, 0.1) is 24.6 Å². The van der Waals surface area contributed by atoms with E-state index in [1.807, 2.05) is 0 Å². The molecule has 0 amide bonds. The summed E-state index contributed by atoms with van der Waals surface area (Å²) in [6.45, 7) is 6.00. The zero-order chi connectivity index (χ0) is 20.5. The molecule has 2 aliphatic heterocycles. The summed E-state index contributed by atoms with van der Waals surface area (Å²) < 4.78 is 7.94. The lowest BCUT2D eigenvalue weighted by Gasteiger charge is -2.52. The van der Waals surface area contributed by atoms with Crippen LogP contribution in [0.1, 0.15) is 66.7 Å². The largest absolute Gasteiger partial charge is 0.370 e. The maximum atomic E-state index is 6.53. The maximum absolute atomic E-state index is 6.53. The van der Waals surface area contributed by atoms with Crippen molar-refractivity contribution < 1.29 is 4.74 Å². The van der Waals surface area contributed by atoms with E-state index in [4.69, 9.17) is 27.2 Å². The highest BCUT2D eigenvalue weighted by Gasteiger charge is 2.47. The quantitative estimate of drug-likeness (QED) is 0.755. The van der Waals surface area contributed by atoms with Crippen molar-refractivity contribution in [2.24, 2.45) is 11.1 Å². The Kier molecular flexibility index (Phi) is 4.21. The average molecular weight is 429 g/mol. The normalized spacial score (nSPS) is 29.9. The molecule has 30 heavy (non-hydrogen) atoms. The number of nitrogens with zero attached hydrogens (tertiary/aromatic N) is 5. The summed E-state index contributed by atoms with van der Waals surface area (Å²) in [7, 11) is 0. The number of fused-ring (bicyclic) bond motifs is 5. The fourth-order valence-electron chi connectivity index (χ4n) is 6.09. The first-order valence-corrected chi connectivity index (χ1v) is 11.5. The Labute approximate surface area is 182 Å². The molecule has 2 aromatic rings. The van der Waals surface area contributed by atoms with Crippen LogP contribution >= 0.6 is 11.6 Å². The summed E-state index contributed by atoms with van der Waals surface area (Å²) in [5.74, 6) is 0.928. The van der Waals surface area contributed by atoms with E-state index in [1.165, 1.54) is 49.8 Å². The van der Waals surface area contributed by atoms with E-state index in [1.54, 1.807) is 0 Å². The van der Waals surface area contributed by atoms with Crippen molar-refractivity contribution in [3.63, 3.8) is 0 Å². The number of aromatic nitrogens is 4. The third-order valence-electron chi connectivity index (χ3n) is 8.11. The predicted molar refractivity (Wildman–Crippen MR) is 114 cm³/mol. The van der Waals surface area contributed by atoms with Gasteiger partial charge < -0.3 is 15.4 Å². The van der Waals surface area contributed by atoms with Gasteiger partial charge in [-0.05, 0) is 62.5 Å². The Morgan fingerprint density at radius 2 is 1.83 bits per heavy atom. The molecular formula is C22H29ClN6O. The lowest BCUT2D eigenvalue weighted by atomic mass is 9.57. The molecule has 4 heterocycles. The summed E-state index contributed by atoms with van der Waals surface area (Å²) in [6.07, 6.45) is 8.23. The first-order chi connectivity index (χ1) is 14.4. The average Bonchev–Trinajstić information content (AvgIpc) is 3.33. The Morgan fingerprint density at radius 1 is 1.07 bits per heavy atom. The Bertz CT molecular complexity index is 993. The van der Waals surface area contributed by atoms with Gasteiger partial charge in [0.2, 0.25) is 5.28 Å². The van der Waals surface area contributed by atoms with Crippen LogP contribution in [-0.2, 0) is 37.5 Å². The van der Waals surface area contributed by atoms with Gasteiger partial charge in [-0.15, -0.1) is 0 Å². The van der Waals surface area contributed by atoms with E-state index in [0.717, 1.165) is 48.8 Å². The number of anilines is 1. The number of rotatable bonds is 3. The maximum Gasteiger partial charge on any atom is 0.224 e. The molecule has 2 aromatic heterocycles. The highest BCUT2D eigenvalue weighted by atomic mass is 35.5. The number of halogens is 1. The lowest BCUT2D eigenvalue weighted by Crippen LogP contribution is -2.53. The van der Waals surface area contributed by atoms with Gasteiger partial charge in [-0.1, -0.05) is 0 Å². The van der Waals surface area contributed by atoms with E-state index in [0.29, 0.717) is 23.9 Å². The van der Waals surface area contributed by atoms with Crippen molar-refractivity contribution in [2.45, 2.75) is 83.7 Å². The van der Waals surface area contributed by atoms with Crippen LogP contribution in [0.5, 0.6) is 0 Å². The molecule has 0 unspecified atom stereocenters. The zero-order valence-electron chi connectivity index (χ0n) is 17.6. The van der Waals surface area contributed by atoms with Crippen LogP contribution in [0.3, 0.4) is 0 Å². The number of aryl methyl sites for hydroxylation is 1. The van der Waals surface area contributed by atoms with Gasteiger partial charge in [0.1, 0.15) is 5.82 Å². The molecule has 3 aliphatic carbocycles. The van der Waals surface area contributed by atoms with E-state index >= 15 is 0 Å². The Balaban J connectivity index is 1.27. The summed E-state index contributed by atoms with van der Waals surface area (Å²) in [5.41, 5.74) is 12.9. The zero-order valence-corrected chi connectivity index (χ0v) is 18.3. The molecule has 2 N–H and O–H groups in total. The molecule has 2 bridgehead atoms. The van der Waals surface area contributed by atoms with Gasteiger partial charge in [0, 0.05) is 48.4 Å². The molecule has 5 aliphatic rings. The first kappa shape index (κ1) is 19.0. The SMILES string of the molecule is Cc1nn(CC23CCC(N)(CC2)CC3)c2c1CN(c1nc(Cl)nc3c1COC3)CC2. The van der Waals surface area contributed by atoms with E-state index in [2.05, 4.69) is 26.5 Å². The standard InChI is InChI=1S/C22H29ClN6O/c1-14-15-10-28(19-16-11-30-12-17(16)25-20(23)26-19)9-2-18(15)29(27-14)13-21-3-6-22(24,7-4-21)8-5-21/h2-13,24H2,1H3. The van der Waals surface area contributed by atoms with Crippen LogP contribution in [0.25, 0.3) is 0 Å². The summed E-state index contributed by atoms with van der Waals surface area (Å²) in [6, 6.07) is 0. The third kappa shape index (κ3) is 2.97. The van der Waals surface area contributed by atoms with Crippen molar-refractivity contribution in [3.8, 4) is 0 Å². The van der Waals surface area contributed by atoms with Crippen molar-refractivity contribution >= 4 is 17.4 Å². The van der Waals surface area contributed by atoms with Crippen LogP contribution < -0.4 is 10.6 Å². The Hall–Kier alpha value is -1.70. The smallest absolute Gasteiger partial charge is 0.224 e. The summed E-state index contributed by atoms with van der Waals surface area (Å²) in [4.78, 5) is 11.2. The van der Waals surface area contributed by atoms with Gasteiger partial charge in [-0.25, -0.2) is 9.97 Å². The van der Waals surface area contributed by atoms with Gasteiger partial charge in [0.15, 0.2) is 0 Å². The summed E-state index contributed by atoms with van der Waals surface area (Å²) >= 11 is 6.21. The van der Waals surface area contributed by atoms with Crippen LogP contribution in [0, 0.1) is 12.3 Å². The lowest BCUT2D eigenvalue weighted by molar-refractivity contribution is 0.0263. The molecule has 0 aromatic carbocycles. The first-order valence-electron chi connectivity index (χ1n) is 11.2. The topological polar surface area (TPSA) is 82.1 Å². The minimum absolute atomic E-state index is 0.116. The molecule has 7 nitrogen and oxygen atoms in total. The van der Waals surface area contributed by atoms with Crippen LogP contribution in [0.4, 0.5) is 5.82 Å². The monoisotopic (exact) mass is 428 g/mol. The highest BCUT2D eigenvalue weighted by molar-refractivity contribution is 6.28. The van der Waals surface area contributed by atoms with Crippen molar-refractivity contribution in [1.29, 1.82) is 0 Å². The Morgan fingerprint density at radius 3 is 2.60 bits per heavy atom. The highest BCUT2D eigenvalue weighted by Crippen LogP contribution is 2.52. The number of ether oxygens (including phenoxy) is 1. The second-order valence-corrected chi connectivity index (χ2v) is 10.3. The molecule has 160 valence electrons. The molecule has 0 atom stereocenters. The van der Waals surface area contributed by atoms with E-state index in [9.17, 15) is 0 Å². The van der Waals surface area contributed by atoms with Crippen LogP contribution in [-0.4, -0.2) is 31.8 Å². The third-order valence-corrected chi connectivity index (χ3v) is 8.28. The second kappa shape index (κ2) is 6.65. The van der Waals surface area contributed by atoms with E-state index < -0.39 is 0 Å². The fourth-order valence-corrected chi connectivity index (χ4v) is 6.27. The molecule has 3 saturated carbocycles. The van der Waals surface area contributed by atoms with Gasteiger partial charge in [-0.2, -0.15) is 5.10 Å². The molecule has 7 rings (SSSR count).